The van der Waals surface area contributed by atoms with Gasteiger partial charge in [0.25, 0.3) is 0 Å². The van der Waals surface area contributed by atoms with Crippen LogP contribution in [0.3, 0.4) is 0 Å². The molecule has 1 unspecified atom stereocenters. The van der Waals surface area contributed by atoms with E-state index in [1.807, 2.05) is 0 Å². The first-order chi connectivity index (χ1) is 25.8. The monoisotopic (exact) mass is 761 g/mol. The second-order valence-electron chi connectivity index (χ2n) is 12.8. The normalized spacial score (nSPS) is 14.3. The number of hydrogen-bond donors (Lipinski definition) is 2. The van der Waals surface area contributed by atoms with Crippen molar-refractivity contribution in [3.8, 4) is 0 Å². The highest BCUT2D eigenvalue weighted by atomic mass is 31.2. The number of carbonyl (C=O) groups is 2. The molecule has 0 rings (SSSR count). The molecule has 9 nitrogen and oxygen atoms in total. The Morgan fingerprint density at radius 1 is 0.585 bits per heavy atom. The fourth-order valence-corrected chi connectivity index (χ4v) is 5.57. The van der Waals surface area contributed by atoms with Gasteiger partial charge in [-0.25, -0.2) is 4.57 Å². The van der Waals surface area contributed by atoms with Crippen LogP contribution in [0.1, 0.15) is 142 Å². The van der Waals surface area contributed by atoms with Crippen molar-refractivity contribution in [1.82, 2.24) is 0 Å². The third-order valence-electron chi connectivity index (χ3n) is 7.77. The van der Waals surface area contributed by atoms with Crippen molar-refractivity contribution in [2.75, 3.05) is 26.4 Å². The summed E-state index contributed by atoms with van der Waals surface area (Å²) in [5.74, 6) is -0.913. The van der Waals surface area contributed by atoms with Crippen LogP contribution in [-0.2, 0) is 32.7 Å². The molecule has 0 aliphatic rings. The van der Waals surface area contributed by atoms with Crippen molar-refractivity contribution < 1.29 is 37.6 Å². The standard InChI is InChI=1S/C43H72NO8P/c1-3-5-7-9-11-13-15-17-19-20-22-23-25-27-29-31-33-35-42(45)49-39-41(40-51-53(47,48)50-38-37-44)52-43(46)36-34-32-30-28-26-24-21-18-16-14-12-10-8-6-4-2/h6,8,11-14,17-19,21-23,26,28,41H,3-5,7,9-10,15-16,20,24-25,27,29-40,44H2,1-2H3,(H,47,48)/t41-/m1/s1. The van der Waals surface area contributed by atoms with E-state index in [1.165, 1.54) is 25.7 Å². The largest absolute Gasteiger partial charge is 0.472 e. The SMILES string of the molecule is CCC=CCC=CCC=CCC=CCCCCC(=O)O[C@H](COC(=O)CCCCCCC=CCC=CCC=CCCCCC)COP(=O)(O)OCCN. The maximum atomic E-state index is 12.5. The van der Waals surface area contributed by atoms with Crippen molar-refractivity contribution in [3.05, 3.63) is 85.1 Å². The molecule has 3 N–H and O–H groups in total. The maximum absolute atomic E-state index is 12.5. The van der Waals surface area contributed by atoms with Gasteiger partial charge in [-0.1, -0.05) is 125 Å². The Hall–Kier alpha value is -2.81. The molecule has 0 aliphatic heterocycles. The van der Waals surface area contributed by atoms with Gasteiger partial charge in [0.2, 0.25) is 0 Å². The molecule has 2 atom stereocenters. The molecular formula is C43H72NO8P. The van der Waals surface area contributed by atoms with Gasteiger partial charge in [0.05, 0.1) is 13.2 Å². The van der Waals surface area contributed by atoms with Crippen molar-refractivity contribution in [2.24, 2.45) is 5.73 Å². The fourth-order valence-electron chi connectivity index (χ4n) is 4.81. The number of unbranched alkanes of at least 4 members (excludes halogenated alkanes) is 9. The Bertz CT molecular complexity index is 1140. The zero-order valence-corrected chi connectivity index (χ0v) is 33.9. The molecule has 10 heteroatoms. The van der Waals surface area contributed by atoms with Crippen molar-refractivity contribution in [3.63, 3.8) is 0 Å². The second-order valence-corrected chi connectivity index (χ2v) is 14.2. The summed E-state index contributed by atoms with van der Waals surface area (Å²) in [6.45, 7) is 3.48. The van der Waals surface area contributed by atoms with E-state index >= 15 is 0 Å². The summed E-state index contributed by atoms with van der Waals surface area (Å²) < 4.78 is 32.6. The average Bonchev–Trinajstić information content (AvgIpc) is 3.14. The second kappa shape index (κ2) is 38.9. The van der Waals surface area contributed by atoms with E-state index in [-0.39, 0.29) is 32.6 Å². The number of rotatable bonds is 36. The van der Waals surface area contributed by atoms with Crippen LogP contribution >= 0.6 is 7.82 Å². The van der Waals surface area contributed by atoms with E-state index < -0.39 is 32.5 Å². The van der Waals surface area contributed by atoms with Gasteiger partial charge in [0.15, 0.2) is 6.10 Å². The number of nitrogens with two attached hydrogens (primary N) is 1. The van der Waals surface area contributed by atoms with E-state index in [1.54, 1.807) is 0 Å². The lowest BCUT2D eigenvalue weighted by Crippen LogP contribution is -2.29. The summed E-state index contributed by atoms with van der Waals surface area (Å²) in [6, 6.07) is 0. The molecule has 0 aliphatic carbocycles. The van der Waals surface area contributed by atoms with Crippen molar-refractivity contribution >= 4 is 19.8 Å². The first-order valence-corrected chi connectivity index (χ1v) is 21.6. The van der Waals surface area contributed by atoms with Gasteiger partial charge in [-0.05, 0) is 89.9 Å². The lowest BCUT2D eigenvalue weighted by molar-refractivity contribution is -0.161. The molecule has 0 aromatic carbocycles. The summed E-state index contributed by atoms with van der Waals surface area (Å²) >= 11 is 0. The third kappa shape index (κ3) is 38.7. The number of phosphoric ester groups is 1. The van der Waals surface area contributed by atoms with Crippen LogP contribution in [0, 0.1) is 0 Å². The molecule has 0 radical (unpaired) electrons. The molecule has 0 amide bonds. The van der Waals surface area contributed by atoms with E-state index in [9.17, 15) is 19.0 Å². The molecular weight excluding hydrogens is 689 g/mol. The van der Waals surface area contributed by atoms with Crippen molar-refractivity contribution in [1.29, 1.82) is 0 Å². The highest BCUT2D eigenvalue weighted by molar-refractivity contribution is 7.47. The Kier molecular flexibility index (Phi) is 36.8. The first-order valence-electron chi connectivity index (χ1n) is 20.1. The molecule has 53 heavy (non-hydrogen) atoms. The van der Waals surface area contributed by atoms with Gasteiger partial charge >= 0.3 is 19.8 Å². The molecule has 0 bridgehead atoms. The number of ether oxygens (including phenoxy) is 2. The zero-order chi connectivity index (χ0) is 38.9. The minimum Gasteiger partial charge on any atom is -0.462 e. The summed E-state index contributed by atoms with van der Waals surface area (Å²) in [7, 11) is -4.40. The number of allylic oxidation sites excluding steroid dienone is 14. The number of esters is 2. The Balaban J connectivity index is 4.33. The summed E-state index contributed by atoms with van der Waals surface area (Å²) in [5, 5.41) is 0. The predicted molar refractivity (Wildman–Crippen MR) is 219 cm³/mol. The third-order valence-corrected chi connectivity index (χ3v) is 8.75. The predicted octanol–water partition coefficient (Wildman–Crippen LogP) is 11.3. The van der Waals surface area contributed by atoms with Gasteiger partial charge in [-0.2, -0.15) is 0 Å². The number of hydrogen-bond acceptors (Lipinski definition) is 8. The Morgan fingerprint density at radius 3 is 1.57 bits per heavy atom. The average molecular weight is 762 g/mol. The lowest BCUT2D eigenvalue weighted by Gasteiger charge is -2.19. The van der Waals surface area contributed by atoms with E-state index in [2.05, 4.69) is 98.9 Å². The van der Waals surface area contributed by atoms with Crippen LogP contribution < -0.4 is 5.73 Å². The minimum absolute atomic E-state index is 0.0384. The minimum atomic E-state index is -4.40. The fraction of sp³-hybridized carbons (Fsp3) is 0.628. The molecule has 0 aromatic heterocycles. The summed E-state index contributed by atoms with van der Waals surface area (Å²) in [6.07, 6.45) is 47.6. The van der Waals surface area contributed by atoms with E-state index in [0.29, 0.717) is 12.8 Å². The molecule has 0 saturated carbocycles. The van der Waals surface area contributed by atoms with Crippen LogP contribution in [0.4, 0.5) is 0 Å². The summed E-state index contributed by atoms with van der Waals surface area (Å²) in [4.78, 5) is 34.8. The molecule has 0 aromatic rings. The van der Waals surface area contributed by atoms with Gasteiger partial charge in [0, 0.05) is 19.4 Å². The molecule has 0 fully saturated rings. The quantitative estimate of drug-likeness (QED) is 0.0277. The van der Waals surface area contributed by atoms with Crippen LogP contribution in [-0.4, -0.2) is 49.3 Å². The zero-order valence-electron chi connectivity index (χ0n) is 33.0. The maximum Gasteiger partial charge on any atom is 0.472 e. The van der Waals surface area contributed by atoms with Crippen LogP contribution in [0.15, 0.2) is 85.1 Å². The molecule has 0 saturated heterocycles. The van der Waals surface area contributed by atoms with Gasteiger partial charge in [-0.3, -0.25) is 18.6 Å². The lowest BCUT2D eigenvalue weighted by atomic mass is 10.1. The number of phosphoric acid groups is 1. The number of carbonyl (C=O) groups excluding carboxylic acids is 2. The highest BCUT2D eigenvalue weighted by Gasteiger charge is 2.25. The molecule has 0 heterocycles. The highest BCUT2D eigenvalue weighted by Crippen LogP contribution is 2.43. The molecule has 0 spiro atoms. The van der Waals surface area contributed by atoms with E-state index in [0.717, 1.165) is 77.0 Å². The first kappa shape index (κ1) is 50.2. The summed E-state index contributed by atoms with van der Waals surface area (Å²) in [5.41, 5.74) is 5.33. The van der Waals surface area contributed by atoms with Crippen LogP contribution in [0.5, 0.6) is 0 Å². The Labute approximate surface area is 322 Å². The smallest absolute Gasteiger partial charge is 0.462 e. The molecule has 302 valence electrons. The van der Waals surface area contributed by atoms with Gasteiger partial charge in [0.1, 0.15) is 6.61 Å². The van der Waals surface area contributed by atoms with Crippen LogP contribution in [0.2, 0.25) is 0 Å². The van der Waals surface area contributed by atoms with Crippen molar-refractivity contribution in [2.45, 2.75) is 148 Å². The van der Waals surface area contributed by atoms with Crippen LogP contribution in [0.25, 0.3) is 0 Å². The van der Waals surface area contributed by atoms with Gasteiger partial charge < -0.3 is 20.1 Å². The Morgan fingerprint density at radius 2 is 1.04 bits per heavy atom. The topological polar surface area (TPSA) is 134 Å². The van der Waals surface area contributed by atoms with E-state index in [4.69, 9.17) is 24.3 Å². The van der Waals surface area contributed by atoms with Gasteiger partial charge in [-0.15, -0.1) is 0 Å².